The maximum atomic E-state index is 14.2. The van der Waals surface area contributed by atoms with Crippen LogP contribution in [-0.2, 0) is 65.6 Å². The Labute approximate surface area is 404 Å². The summed E-state index contributed by atoms with van der Waals surface area (Å²) in [6, 6.07) is 3.30. The molecule has 384 valence electrons. The lowest BCUT2D eigenvalue weighted by molar-refractivity contribution is -0.143. The van der Waals surface area contributed by atoms with E-state index in [1.807, 2.05) is 0 Å². The number of rotatable bonds is 30. The van der Waals surface area contributed by atoms with Crippen molar-refractivity contribution in [3.05, 3.63) is 71.3 Å². The third-order valence-electron chi connectivity index (χ3n) is 10.9. The van der Waals surface area contributed by atoms with Crippen molar-refractivity contribution in [1.82, 2.24) is 37.2 Å². The van der Waals surface area contributed by atoms with Crippen molar-refractivity contribution in [2.45, 2.75) is 141 Å². The van der Waals surface area contributed by atoms with Crippen molar-refractivity contribution in [3.63, 3.8) is 0 Å². The first kappa shape index (κ1) is 58.7. The fourth-order valence-electron chi connectivity index (χ4n) is 6.90. The predicted octanol–water partition coefficient (Wildman–Crippen LogP) is -0.488. The molecule has 70 heavy (non-hydrogen) atoms. The predicted molar refractivity (Wildman–Crippen MR) is 250 cm³/mol. The highest BCUT2D eigenvalue weighted by Crippen LogP contribution is 2.14. The van der Waals surface area contributed by atoms with Crippen LogP contribution in [-0.4, -0.2) is 134 Å². The number of nitrogens with two attached hydrogens (primary N) is 1. The fourth-order valence-corrected chi connectivity index (χ4v) is 6.90. The van der Waals surface area contributed by atoms with Crippen LogP contribution >= 0.6 is 0 Å². The highest BCUT2D eigenvalue weighted by molar-refractivity contribution is 5.98. The van der Waals surface area contributed by atoms with E-state index in [1.165, 1.54) is 0 Å². The topological polar surface area (TPSA) is 379 Å². The minimum atomic E-state index is -1.87. The van der Waals surface area contributed by atoms with Crippen LogP contribution < -0.4 is 43.0 Å². The summed E-state index contributed by atoms with van der Waals surface area (Å²) in [5.41, 5.74) is 7.68. The summed E-state index contributed by atoms with van der Waals surface area (Å²) in [4.78, 5) is 142. The molecule has 0 aliphatic carbocycles. The molecule has 2 rings (SSSR count). The molecule has 0 bridgehead atoms. The van der Waals surface area contributed by atoms with Gasteiger partial charge in [-0.25, -0.2) is 4.79 Å². The van der Waals surface area contributed by atoms with Crippen molar-refractivity contribution in [3.8, 4) is 0 Å². The number of carboxylic acids is 4. The first-order chi connectivity index (χ1) is 32.8. The molecule has 0 unspecified atom stereocenters. The molecule has 0 aliphatic rings. The fraction of sp³-hybridized carbons (Fsp3) is 0.511. The maximum absolute atomic E-state index is 14.2. The Hall–Kier alpha value is -7.43. The Kier molecular flexibility index (Phi) is 24.1. The highest BCUT2D eigenvalue weighted by atomic mass is 16.4. The van der Waals surface area contributed by atoms with Gasteiger partial charge in [-0.1, -0.05) is 82.3 Å². The van der Waals surface area contributed by atoms with E-state index in [9.17, 15) is 68.1 Å². The van der Waals surface area contributed by atoms with Gasteiger partial charge < -0.3 is 63.4 Å². The highest BCUT2D eigenvalue weighted by Gasteiger charge is 2.35. The number of carbonyl (C=O) groups excluding carboxylic acids is 7. The summed E-state index contributed by atoms with van der Waals surface area (Å²) < 4.78 is 0. The molecule has 8 atom stereocenters. The number of aryl methyl sites for hydroxylation is 1. The average Bonchev–Trinajstić information content (AvgIpc) is 3.27. The minimum absolute atomic E-state index is 0.0316. The molecule has 23 heteroatoms. The summed E-state index contributed by atoms with van der Waals surface area (Å²) in [6.07, 6.45) is -3.05. The van der Waals surface area contributed by atoms with E-state index in [4.69, 9.17) is 10.8 Å². The standard InChI is InChI=1S/C47H66N8O15/c1-24(2)20-32(53-46(68)39(25(3)4)55-41(63)30(48)16-18-36(56)57)44(66)51-33(22-29-15-11-10-12-26(29)5)45(67)52-34(23-38(60)61)43(65)49-27(6)40(62)50-31(17-19-37(58)59)42(64)54-35(47(69)70)21-28-13-8-7-9-14-28/h7-15,24-25,27,30-35,39H,16-23,48H2,1-6H3,(H,49,65)(H,50,62)(H,51,66)(H,52,67)(H,53,68)(H,54,64)(H,55,63)(H,56,57)(H,58,59)(H,60,61)(H,69,70)/t27-,30-,31-,32-,33-,34-,35-,39-/m0/s1. The largest absolute Gasteiger partial charge is 0.481 e. The van der Waals surface area contributed by atoms with Gasteiger partial charge in [0.05, 0.1) is 12.5 Å². The Bertz CT molecular complexity index is 2190. The molecular weight excluding hydrogens is 917 g/mol. The molecule has 2 aromatic rings. The van der Waals surface area contributed by atoms with Crippen LogP contribution in [0.1, 0.15) is 89.8 Å². The van der Waals surface area contributed by atoms with E-state index in [0.717, 1.165) is 6.92 Å². The molecular formula is C47H66N8O15. The van der Waals surface area contributed by atoms with Crippen LogP contribution in [0.5, 0.6) is 0 Å². The van der Waals surface area contributed by atoms with Gasteiger partial charge in [0, 0.05) is 25.7 Å². The normalized spacial score (nSPS) is 14.5. The second-order valence-corrected chi connectivity index (χ2v) is 17.6. The lowest BCUT2D eigenvalue weighted by Gasteiger charge is -2.29. The van der Waals surface area contributed by atoms with Crippen molar-refractivity contribution in [2.24, 2.45) is 17.6 Å². The summed E-state index contributed by atoms with van der Waals surface area (Å²) in [5.74, 6) is -13.0. The van der Waals surface area contributed by atoms with Gasteiger partial charge in [-0.05, 0) is 61.6 Å². The third kappa shape index (κ3) is 20.8. The Morgan fingerprint density at radius 1 is 0.500 bits per heavy atom. The maximum Gasteiger partial charge on any atom is 0.326 e. The van der Waals surface area contributed by atoms with E-state index >= 15 is 0 Å². The zero-order chi connectivity index (χ0) is 52.8. The van der Waals surface area contributed by atoms with Crippen LogP contribution in [0.2, 0.25) is 0 Å². The molecule has 0 radical (unpaired) electrons. The summed E-state index contributed by atoms with van der Waals surface area (Å²) >= 11 is 0. The van der Waals surface area contributed by atoms with Gasteiger partial charge in [-0.15, -0.1) is 0 Å². The van der Waals surface area contributed by atoms with Crippen molar-refractivity contribution < 1.29 is 73.2 Å². The first-order valence-corrected chi connectivity index (χ1v) is 22.6. The van der Waals surface area contributed by atoms with Crippen LogP contribution in [0.4, 0.5) is 0 Å². The first-order valence-electron chi connectivity index (χ1n) is 22.6. The molecule has 13 N–H and O–H groups in total. The number of carbonyl (C=O) groups is 11. The Balaban J connectivity index is 2.36. The lowest BCUT2D eigenvalue weighted by atomic mass is 9.97. The second-order valence-electron chi connectivity index (χ2n) is 17.6. The smallest absolute Gasteiger partial charge is 0.326 e. The van der Waals surface area contributed by atoms with Gasteiger partial charge in [0.2, 0.25) is 41.4 Å². The summed E-state index contributed by atoms with van der Waals surface area (Å²) in [6.45, 7) is 9.65. The van der Waals surface area contributed by atoms with Crippen LogP contribution in [0.3, 0.4) is 0 Å². The van der Waals surface area contributed by atoms with Crippen molar-refractivity contribution >= 4 is 65.2 Å². The Morgan fingerprint density at radius 2 is 1.00 bits per heavy atom. The third-order valence-corrected chi connectivity index (χ3v) is 10.9. The van der Waals surface area contributed by atoms with Gasteiger partial charge in [0.1, 0.15) is 42.3 Å². The van der Waals surface area contributed by atoms with Crippen LogP contribution in [0.15, 0.2) is 54.6 Å². The van der Waals surface area contributed by atoms with E-state index < -0.39 is 145 Å². The molecule has 23 nitrogen and oxygen atoms in total. The summed E-state index contributed by atoms with van der Waals surface area (Å²) in [5, 5.41) is 54.8. The monoisotopic (exact) mass is 982 g/mol. The van der Waals surface area contributed by atoms with Gasteiger partial charge in [-0.2, -0.15) is 0 Å². The molecule has 0 saturated carbocycles. The number of hydrogen-bond donors (Lipinski definition) is 12. The number of carboxylic acid groups (broad SMARTS) is 4. The quantitative estimate of drug-likeness (QED) is 0.0470. The van der Waals surface area contributed by atoms with Gasteiger partial charge >= 0.3 is 23.9 Å². The number of benzene rings is 2. The second kappa shape index (κ2) is 28.8. The summed E-state index contributed by atoms with van der Waals surface area (Å²) in [7, 11) is 0. The minimum Gasteiger partial charge on any atom is -0.481 e. The molecule has 0 saturated heterocycles. The van der Waals surface area contributed by atoms with Crippen LogP contribution in [0.25, 0.3) is 0 Å². The molecule has 0 spiro atoms. The molecule has 7 amide bonds. The molecule has 2 aromatic carbocycles. The zero-order valence-corrected chi connectivity index (χ0v) is 40.0. The number of nitrogens with one attached hydrogen (secondary N) is 7. The molecule has 0 aromatic heterocycles. The van der Waals surface area contributed by atoms with E-state index in [-0.39, 0.29) is 31.6 Å². The lowest BCUT2D eigenvalue weighted by Crippen LogP contribution is -2.61. The molecule has 0 fully saturated rings. The van der Waals surface area contributed by atoms with E-state index in [0.29, 0.717) is 16.7 Å². The molecule has 0 aliphatic heterocycles. The average molecular weight is 983 g/mol. The van der Waals surface area contributed by atoms with Crippen molar-refractivity contribution in [2.75, 3.05) is 0 Å². The number of hydrogen-bond acceptors (Lipinski definition) is 12. The van der Waals surface area contributed by atoms with Gasteiger partial charge in [0.15, 0.2) is 0 Å². The zero-order valence-electron chi connectivity index (χ0n) is 40.0. The van der Waals surface area contributed by atoms with E-state index in [2.05, 4.69) is 37.2 Å². The number of amides is 7. The van der Waals surface area contributed by atoms with Crippen LogP contribution in [0, 0.1) is 18.8 Å². The van der Waals surface area contributed by atoms with Crippen molar-refractivity contribution in [1.29, 1.82) is 0 Å². The number of aliphatic carboxylic acids is 4. The van der Waals surface area contributed by atoms with Gasteiger partial charge in [0.25, 0.3) is 0 Å². The van der Waals surface area contributed by atoms with Gasteiger partial charge in [-0.3, -0.25) is 47.9 Å². The van der Waals surface area contributed by atoms with E-state index in [1.54, 1.807) is 89.2 Å². The molecule has 0 heterocycles. The Morgan fingerprint density at radius 3 is 1.56 bits per heavy atom. The SMILES string of the molecule is Cc1ccccc1C[C@H](NC(=O)[C@H](CC(C)C)NC(=O)[C@@H](NC(=O)[C@@H](N)CCC(=O)O)C(C)C)C(=O)N[C@@H](CC(=O)O)C(=O)N[C@@H](C)C(=O)N[C@@H](CCC(=O)O)C(=O)N[C@@H](Cc1ccccc1)C(=O)O.